The minimum Gasteiger partial charge on any atom is -0.350 e. The summed E-state index contributed by atoms with van der Waals surface area (Å²) >= 11 is 1.62. The van der Waals surface area contributed by atoms with E-state index < -0.39 is 18.1 Å². The van der Waals surface area contributed by atoms with Gasteiger partial charge in [-0.2, -0.15) is 11.8 Å². The van der Waals surface area contributed by atoms with E-state index >= 15 is 0 Å². The Morgan fingerprint density at radius 1 is 0.889 bits per heavy atom. The molecule has 7 nitrogen and oxygen atoms in total. The number of nitrogens with two attached hydrogens (primary N) is 1. The van der Waals surface area contributed by atoms with Crippen molar-refractivity contribution < 1.29 is 14.4 Å². The summed E-state index contributed by atoms with van der Waals surface area (Å²) in [4.78, 5) is 39.2. The van der Waals surface area contributed by atoms with Crippen LogP contribution < -0.4 is 21.7 Å². The molecule has 0 heterocycles. The zero-order valence-electron chi connectivity index (χ0n) is 21.8. The van der Waals surface area contributed by atoms with Gasteiger partial charge >= 0.3 is 0 Å². The topological polar surface area (TPSA) is 113 Å². The normalized spacial score (nSPS) is 13.5. The van der Waals surface area contributed by atoms with Gasteiger partial charge in [0.2, 0.25) is 17.7 Å². The van der Waals surface area contributed by atoms with Crippen LogP contribution in [-0.4, -0.2) is 47.9 Å². The minimum atomic E-state index is -0.791. The summed E-state index contributed by atoms with van der Waals surface area (Å²) in [5, 5.41) is 8.68. The van der Waals surface area contributed by atoms with Gasteiger partial charge in [0.15, 0.2) is 0 Å². The lowest BCUT2D eigenvalue weighted by Crippen LogP contribution is -2.56. The van der Waals surface area contributed by atoms with Crippen molar-refractivity contribution in [3.63, 3.8) is 0 Å². The third-order valence-electron chi connectivity index (χ3n) is 5.94. The maximum Gasteiger partial charge on any atom is 0.243 e. The first kappa shape index (κ1) is 29.4. The van der Waals surface area contributed by atoms with Gasteiger partial charge in [-0.15, -0.1) is 0 Å². The Labute approximate surface area is 219 Å². The molecule has 0 saturated carbocycles. The largest absolute Gasteiger partial charge is 0.350 e. The van der Waals surface area contributed by atoms with Gasteiger partial charge in [-0.1, -0.05) is 68.4 Å². The molecule has 2 aromatic rings. The van der Waals surface area contributed by atoms with Gasteiger partial charge in [0, 0.05) is 13.0 Å². The van der Waals surface area contributed by atoms with Gasteiger partial charge in [-0.05, 0) is 54.4 Å². The maximum atomic E-state index is 13.3. The third kappa shape index (κ3) is 10.0. The van der Waals surface area contributed by atoms with E-state index in [-0.39, 0.29) is 23.6 Å². The number of amides is 3. The van der Waals surface area contributed by atoms with E-state index in [2.05, 4.69) is 16.0 Å². The van der Waals surface area contributed by atoms with E-state index in [9.17, 15) is 14.4 Å². The van der Waals surface area contributed by atoms with Crippen molar-refractivity contribution in [1.82, 2.24) is 16.0 Å². The Bertz CT molecular complexity index is 984. The molecule has 0 saturated heterocycles. The summed E-state index contributed by atoms with van der Waals surface area (Å²) in [5.74, 6) is -0.0993. The second-order valence-corrected chi connectivity index (χ2v) is 10.5. The molecule has 0 aliphatic carbocycles. The number of hydrogen-bond acceptors (Lipinski definition) is 5. The van der Waals surface area contributed by atoms with Crippen LogP contribution >= 0.6 is 11.8 Å². The van der Waals surface area contributed by atoms with Crippen LogP contribution in [0.15, 0.2) is 54.6 Å². The molecule has 0 bridgehead atoms. The number of hydrogen-bond donors (Lipinski definition) is 4. The number of rotatable bonds is 14. The maximum absolute atomic E-state index is 13.3. The van der Waals surface area contributed by atoms with Crippen molar-refractivity contribution >= 4 is 29.5 Å². The molecule has 0 unspecified atom stereocenters. The fourth-order valence-corrected chi connectivity index (χ4v) is 4.29. The highest BCUT2D eigenvalue weighted by atomic mass is 32.2. The second kappa shape index (κ2) is 15.3. The van der Waals surface area contributed by atoms with Gasteiger partial charge in [0.25, 0.3) is 0 Å². The smallest absolute Gasteiger partial charge is 0.243 e. The van der Waals surface area contributed by atoms with E-state index in [1.165, 1.54) is 0 Å². The first-order valence-corrected chi connectivity index (χ1v) is 13.8. The van der Waals surface area contributed by atoms with Crippen LogP contribution in [0.2, 0.25) is 0 Å². The average Bonchev–Trinajstić information content (AvgIpc) is 2.86. The highest BCUT2D eigenvalue weighted by molar-refractivity contribution is 7.98. The van der Waals surface area contributed by atoms with Crippen molar-refractivity contribution in [3.8, 4) is 0 Å². The molecule has 0 fully saturated rings. The highest BCUT2D eigenvalue weighted by Gasteiger charge is 2.28. The fourth-order valence-electron chi connectivity index (χ4n) is 3.80. The Morgan fingerprint density at radius 3 is 2.17 bits per heavy atom. The monoisotopic (exact) mass is 512 g/mol. The molecule has 3 atom stereocenters. The Morgan fingerprint density at radius 2 is 1.53 bits per heavy atom. The number of carbonyl (C=O) groups is 3. The molecular weight excluding hydrogens is 472 g/mol. The zero-order valence-corrected chi connectivity index (χ0v) is 22.6. The van der Waals surface area contributed by atoms with E-state index in [4.69, 9.17) is 5.73 Å². The van der Waals surface area contributed by atoms with Crippen LogP contribution in [0.5, 0.6) is 0 Å². The van der Waals surface area contributed by atoms with E-state index in [1.807, 2.05) is 81.6 Å². The Kier molecular flexibility index (Phi) is 12.5. The Balaban J connectivity index is 2.15. The minimum absolute atomic E-state index is 0.158. The standard InChI is InChI=1S/C28H40N4O3S/c1-19(2)16-24(31-26(33)23(29)14-15-36-4)28(35)32-25(17-21-11-6-5-7-12-21)27(34)30-18-22-13-9-8-10-20(22)3/h5-13,19,23-25H,14-18,29H2,1-4H3,(H,30,34)(H,31,33)(H,32,35)/t23-,24-,25-/m0/s1. The zero-order chi connectivity index (χ0) is 26.5. The number of nitrogens with one attached hydrogen (secondary N) is 3. The van der Waals surface area contributed by atoms with Crippen molar-refractivity contribution in [3.05, 3.63) is 71.3 Å². The lowest BCUT2D eigenvalue weighted by atomic mass is 10.0. The first-order valence-electron chi connectivity index (χ1n) is 12.4. The molecule has 2 rings (SSSR count). The van der Waals surface area contributed by atoms with Crippen LogP contribution in [0.4, 0.5) is 0 Å². The molecule has 0 spiro atoms. The molecular formula is C28H40N4O3S. The number of aryl methyl sites for hydroxylation is 1. The predicted molar refractivity (Wildman–Crippen MR) is 147 cm³/mol. The van der Waals surface area contributed by atoms with Crippen molar-refractivity contribution in [2.45, 2.75) is 64.7 Å². The average molecular weight is 513 g/mol. The number of carbonyl (C=O) groups excluding carboxylic acids is 3. The van der Waals surface area contributed by atoms with Crippen LogP contribution in [0, 0.1) is 12.8 Å². The summed E-state index contributed by atoms with van der Waals surface area (Å²) in [7, 11) is 0. The first-order chi connectivity index (χ1) is 17.2. The van der Waals surface area contributed by atoms with Crippen LogP contribution in [0.25, 0.3) is 0 Å². The Hall–Kier alpha value is -2.84. The van der Waals surface area contributed by atoms with E-state index in [0.717, 1.165) is 22.4 Å². The number of thioether (sulfide) groups is 1. The van der Waals surface area contributed by atoms with E-state index in [1.54, 1.807) is 11.8 Å². The molecule has 5 N–H and O–H groups in total. The van der Waals surface area contributed by atoms with Gasteiger partial charge < -0.3 is 21.7 Å². The summed E-state index contributed by atoms with van der Waals surface area (Å²) < 4.78 is 0. The highest BCUT2D eigenvalue weighted by Crippen LogP contribution is 2.10. The third-order valence-corrected chi connectivity index (χ3v) is 6.58. The van der Waals surface area contributed by atoms with Gasteiger partial charge in [0.05, 0.1) is 6.04 Å². The SMILES string of the molecule is CSCC[C@H](N)C(=O)N[C@@H](CC(C)C)C(=O)N[C@@H](Cc1ccccc1)C(=O)NCc1ccccc1C. The predicted octanol–water partition coefficient (Wildman–Crippen LogP) is 2.95. The molecule has 36 heavy (non-hydrogen) atoms. The van der Waals surface area contributed by atoms with Crippen molar-refractivity contribution in [2.24, 2.45) is 11.7 Å². The van der Waals surface area contributed by atoms with Crippen molar-refractivity contribution in [2.75, 3.05) is 12.0 Å². The van der Waals surface area contributed by atoms with Gasteiger partial charge in [-0.3, -0.25) is 14.4 Å². The molecule has 0 aliphatic rings. The lowest BCUT2D eigenvalue weighted by molar-refractivity contribution is -0.132. The van der Waals surface area contributed by atoms with Crippen LogP contribution in [0.1, 0.15) is 43.4 Å². The molecule has 8 heteroatoms. The molecule has 0 radical (unpaired) electrons. The molecule has 0 aromatic heterocycles. The van der Waals surface area contributed by atoms with E-state index in [0.29, 0.717) is 25.8 Å². The van der Waals surface area contributed by atoms with Crippen molar-refractivity contribution in [1.29, 1.82) is 0 Å². The van der Waals surface area contributed by atoms with Gasteiger partial charge in [0.1, 0.15) is 12.1 Å². The quantitative estimate of drug-likeness (QED) is 0.311. The second-order valence-electron chi connectivity index (χ2n) is 9.47. The summed E-state index contributed by atoms with van der Waals surface area (Å²) in [6.07, 6.45) is 3.26. The summed E-state index contributed by atoms with van der Waals surface area (Å²) in [5.41, 5.74) is 9.04. The molecule has 3 amide bonds. The molecule has 2 aromatic carbocycles. The molecule has 196 valence electrons. The summed E-state index contributed by atoms with van der Waals surface area (Å²) in [6, 6.07) is 15.1. The number of benzene rings is 2. The lowest BCUT2D eigenvalue weighted by Gasteiger charge is -2.25. The fraction of sp³-hybridized carbons (Fsp3) is 0.464. The molecule has 0 aliphatic heterocycles. The summed E-state index contributed by atoms with van der Waals surface area (Å²) in [6.45, 7) is 6.32. The van der Waals surface area contributed by atoms with Crippen LogP contribution in [-0.2, 0) is 27.3 Å². The van der Waals surface area contributed by atoms with Gasteiger partial charge in [-0.25, -0.2) is 0 Å². The van der Waals surface area contributed by atoms with Crippen LogP contribution in [0.3, 0.4) is 0 Å².